The lowest BCUT2D eigenvalue weighted by Crippen LogP contribution is -2.53. The molecule has 0 radical (unpaired) electrons. The van der Waals surface area contributed by atoms with Crippen LogP contribution in [-0.4, -0.2) is 35.4 Å². The SMILES string of the molecule is CCC(C)NC(=O)C(Cc1ccccc1)N(Cc1ccc(Cl)cc1)C(=O)COc1ccc(C)c(C)c1. The van der Waals surface area contributed by atoms with Gasteiger partial charge in [0.2, 0.25) is 5.91 Å². The summed E-state index contributed by atoms with van der Waals surface area (Å²) in [6.45, 7) is 8.11. The summed E-state index contributed by atoms with van der Waals surface area (Å²) in [5, 5.41) is 3.69. The molecule has 2 unspecified atom stereocenters. The van der Waals surface area contributed by atoms with E-state index < -0.39 is 6.04 Å². The lowest BCUT2D eigenvalue weighted by atomic mass is 10.0. The lowest BCUT2D eigenvalue weighted by molar-refractivity contribution is -0.143. The first kappa shape index (κ1) is 27.3. The van der Waals surface area contributed by atoms with E-state index in [4.69, 9.17) is 16.3 Å². The van der Waals surface area contributed by atoms with Gasteiger partial charge in [-0.05, 0) is 73.7 Å². The second kappa shape index (κ2) is 13.1. The molecule has 3 rings (SSSR count). The fourth-order valence-electron chi connectivity index (χ4n) is 3.81. The highest BCUT2D eigenvalue weighted by molar-refractivity contribution is 6.30. The monoisotopic (exact) mass is 506 g/mol. The Kier molecular flexibility index (Phi) is 9.95. The van der Waals surface area contributed by atoms with Crippen molar-refractivity contribution < 1.29 is 14.3 Å². The van der Waals surface area contributed by atoms with Gasteiger partial charge in [0.15, 0.2) is 6.61 Å². The zero-order valence-electron chi connectivity index (χ0n) is 21.5. The molecule has 2 amide bonds. The van der Waals surface area contributed by atoms with Crippen molar-refractivity contribution in [3.05, 3.63) is 100 Å². The molecule has 36 heavy (non-hydrogen) atoms. The molecule has 5 nitrogen and oxygen atoms in total. The fourth-order valence-corrected chi connectivity index (χ4v) is 3.94. The minimum Gasteiger partial charge on any atom is -0.484 e. The molecule has 190 valence electrons. The summed E-state index contributed by atoms with van der Waals surface area (Å²) in [5.41, 5.74) is 4.11. The number of halogens is 1. The van der Waals surface area contributed by atoms with E-state index in [-0.39, 0.29) is 31.0 Å². The van der Waals surface area contributed by atoms with Crippen LogP contribution in [0.5, 0.6) is 5.75 Å². The van der Waals surface area contributed by atoms with Crippen LogP contribution in [0.25, 0.3) is 0 Å². The molecule has 2 atom stereocenters. The van der Waals surface area contributed by atoms with E-state index in [0.717, 1.165) is 28.7 Å². The van der Waals surface area contributed by atoms with Crippen LogP contribution in [0, 0.1) is 13.8 Å². The molecule has 0 aliphatic heterocycles. The van der Waals surface area contributed by atoms with Crippen molar-refractivity contribution in [1.82, 2.24) is 10.2 Å². The van der Waals surface area contributed by atoms with Crippen molar-refractivity contribution in [3.63, 3.8) is 0 Å². The molecule has 3 aromatic rings. The van der Waals surface area contributed by atoms with Crippen LogP contribution in [-0.2, 0) is 22.6 Å². The first-order chi connectivity index (χ1) is 17.3. The van der Waals surface area contributed by atoms with Crippen LogP contribution in [0.3, 0.4) is 0 Å². The summed E-state index contributed by atoms with van der Waals surface area (Å²) in [4.78, 5) is 28.7. The third-order valence-electron chi connectivity index (χ3n) is 6.38. The van der Waals surface area contributed by atoms with Gasteiger partial charge in [0.1, 0.15) is 11.8 Å². The summed E-state index contributed by atoms with van der Waals surface area (Å²) < 4.78 is 5.88. The number of benzene rings is 3. The number of nitrogens with zero attached hydrogens (tertiary/aromatic N) is 1. The van der Waals surface area contributed by atoms with Gasteiger partial charge in [0, 0.05) is 24.0 Å². The average Bonchev–Trinajstić information content (AvgIpc) is 2.88. The molecule has 0 heterocycles. The molecule has 0 spiro atoms. The smallest absolute Gasteiger partial charge is 0.261 e. The molecule has 3 aromatic carbocycles. The van der Waals surface area contributed by atoms with E-state index in [9.17, 15) is 9.59 Å². The van der Waals surface area contributed by atoms with Gasteiger partial charge in [-0.15, -0.1) is 0 Å². The van der Waals surface area contributed by atoms with Crippen molar-refractivity contribution in [1.29, 1.82) is 0 Å². The van der Waals surface area contributed by atoms with Crippen LogP contribution in [0.2, 0.25) is 5.02 Å². The molecule has 0 bridgehead atoms. The minimum atomic E-state index is -0.701. The van der Waals surface area contributed by atoms with Gasteiger partial charge in [-0.1, -0.05) is 67.1 Å². The summed E-state index contributed by atoms with van der Waals surface area (Å²) in [7, 11) is 0. The van der Waals surface area contributed by atoms with Crippen LogP contribution in [0.1, 0.15) is 42.5 Å². The number of carbonyl (C=O) groups excluding carboxylic acids is 2. The number of amides is 2. The molecule has 0 saturated heterocycles. The predicted octanol–water partition coefficient (Wildman–Crippen LogP) is 5.89. The third kappa shape index (κ3) is 7.85. The van der Waals surface area contributed by atoms with Crippen LogP contribution in [0.15, 0.2) is 72.8 Å². The van der Waals surface area contributed by atoms with Crippen molar-refractivity contribution in [2.45, 2.75) is 59.2 Å². The van der Waals surface area contributed by atoms with E-state index in [1.165, 1.54) is 0 Å². The molecule has 0 aromatic heterocycles. The summed E-state index contributed by atoms with van der Waals surface area (Å²) in [6, 6.07) is 22.1. The molecule has 6 heteroatoms. The van der Waals surface area contributed by atoms with E-state index in [1.807, 2.05) is 88.4 Å². The van der Waals surface area contributed by atoms with Gasteiger partial charge in [0.25, 0.3) is 5.91 Å². The van der Waals surface area contributed by atoms with Crippen LogP contribution < -0.4 is 10.1 Å². The molecular formula is C30H35ClN2O3. The number of carbonyl (C=O) groups is 2. The molecule has 0 saturated carbocycles. The first-order valence-corrected chi connectivity index (χ1v) is 12.7. The minimum absolute atomic E-state index is 0.00459. The number of nitrogens with one attached hydrogen (secondary N) is 1. The Morgan fingerprint density at radius 2 is 1.64 bits per heavy atom. The third-order valence-corrected chi connectivity index (χ3v) is 6.63. The van der Waals surface area contributed by atoms with E-state index in [1.54, 1.807) is 17.0 Å². The normalized spacial score (nSPS) is 12.5. The Morgan fingerprint density at radius 1 is 0.944 bits per heavy atom. The highest BCUT2D eigenvalue weighted by atomic mass is 35.5. The maximum atomic E-state index is 13.6. The van der Waals surface area contributed by atoms with Gasteiger partial charge in [-0.25, -0.2) is 0 Å². The molecule has 0 aliphatic carbocycles. The molecule has 0 aliphatic rings. The highest BCUT2D eigenvalue weighted by Gasteiger charge is 2.31. The zero-order valence-corrected chi connectivity index (χ0v) is 22.2. The van der Waals surface area contributed by atoms with Crippen LogP contribution in [0.4, 0.5) is 0 Å². The number of ether oxygens (including phenoxy) is 1. The number of hydrogen-bond donors (Lipinski definition) is 1. The standard InChI is InChI=1S/C30H35ClN2O3/c1-5-23(4)32-30(35)28(18-24-9-7-6-8-10-24)33(19-25-12-14-26(31)15-13-25)29(34)20-36-27-16-11-21(2)22(3)17-27/h6-17,23,28H,5,18-20H2,1-4H3,(H,32,35). The first-order valence-electron chi connectivity index (χ1n) is 12.3. The lowest BCUT2D eigenvalue weighted by Gasteiger charge is -2.32. The maximum absolute atomic E-state index is 13.6. The van der Waals surface area contributed by atoms with Crippen molar-refractivity contribution >= 4 is 23.4 Å². The quantitative estimate of drug-likeness (QED) is 0.352. The molecular weight excluding hydrogens is 472 g/mol. The number of aryl methyl sites for hydroxylation is 2. The summed E-state index contributed by atoms with van der Waals surface area (Å²) in [6.07, 6.45) is 1.19. The van der Waals surface area contributed by atoms with E-state index in [2.05, 4.69) is 5.32 Å². The topological polar surface area (TPSA) is 58.6 Å². The van der Waals surface area contributed by atoms with Crippen molar-refractivity contribution in [2.75, 3.05) is 6.61 Å². The Bertz CT molecular complexity index is 1150. The van der Waals surface area contributed by atoms with Crippen molar-refractivity contribution in [3.8, 4) is 5.75 Å². The molecule has 1 N–H and O–H groups in total. The largest absolute Gasteiger partial charge is 0.484 e. The highest BCUT2D eigenvalue weighted by Crippen LogP contribution is 2.19. The molecule has 0 fully saturated rings. The zero-order chi connectivity index (χ0) is 26.1. The number of hydrogen-bond acceptors (Lipinski definition) is 3. The van der Waals surface area contributed by atoms with E-state index in [0.29, 0.717) is 17.2 Å². The van der Waals surface area contributed by atoms with Gasteiger partial charge >= 0.3 is 0 Å². The Labute approximate surface area is 219 Å². The number of rotatable bonds is 11. The Balaban J connectivity index is 1.90. The second-order valence-electron chi connectivity index (χ2n) is 9.21. The van der Waals surface area contributed by atoms with Gasteiger partial charge in [0.05, 0.1) is 0 Å². The predicted molar refractivity (Wildman–Crippen MR) is 145 cm³/mol. The summed E-state index contributed by atoms with van der Waals surface area (Å²) >= 11 is 6.08. The van der Waals surface area contributed by atoms with Gasteiger partial charge in [-0.3, -0.25) is 9.59 Å². The van der Waals surface area contributed by atoms with Crippen molar-refractivity contribution in [2.24, 2.45) is 0 Å². The average molecular weight is 507 g/mol. The Morgan fingerprint density at radius 3 is 2.28 bits per heavy atom. The second-order valence-corrected chi connectivity index (χ2v) is 9.64. The summed E-state index contributed by atoms with van der Waals surface area (Å²) in [5.74, 6) is 0.187. The Hall–Kier alpha value is -3.31. The maximum Gasteiger partial charge on any atom is 0.261 e. The van der Waals surface area contributed by atoms with Crippen LogP contribution >= 0.6 is 11.6 Å². The van der Waals surface area contributed by atoms with Gasteiger partial charge in [-0.2, -0.15) is 0 Å². The fraction of sp³-hybridized carbons (Fsp3) is 0.333. The van der Waals surface area contributed by atoms with Gasteiger partial charge < -0.3 is 15.0 Å². The van der Waals surface area contributed by atoms with E-state index >= 15 is 0 Å².